The van der Waals surface area contributed by atoms with Crippen LogP contribution in [0.15, 0.2) is 59.3 Å². The van der Waals surface area contributed by atoms with Crippen molar-refractivity contribution in [2.75, 3.05) is 14.1 Å². The summed E-state index contributed by atoms with van der Waals surface area (Å²) < 4.78 is 6.75. The Morgan fingerprint density at radius 1 is 1.07 bits per heavy atom. The third kappa shape index (κ3) is 4.81. The quantitative estimate of drug-likeness (QED) is 0.636. The van der Waals surface area contributed by atoms with E-state index in [-0.39, 0.29) is 24.1 Å². The lowest BCUT2D eigenvalue weighted by molar-refractivity contribution is -0.129. The molecule has 0 saturated carbocycles. The molecule has 0 saturated heterocycles. The molecule has 0 aliphatic rings. The predicted molar refractivity (Wildman–Crippen MR) is 97.4 cm³/mol. The average Bonchev–Trinajstić information content (AvgIpc) is 3.33. The van der Waals surface area contributed by atoms with E-state index in [0.717, 1.165) is 5.56 Å². The Kier molecular flexibility index (Phi) is 5.65. The van der Waals surface area contributed by atoms with Crippen molar-refractivity contribution in [3.05, 3.63) is 71.9 Å². The van der Waals surface area contributed by atoms with Crippen LogP contribution in [0.3, 0.4) is 0 Å². The van der Waals surface area contributed by atoms with E-state index in [1.807, 2.05) is 36.4 Å². The molecule has 0 radical (unpaired) electrons. The lowest BCUT2D eigenvalue weighted by Crippen LogP contribution is -2.30. The Bertz CT molecular complexity index is 887. The highest BCUT2D eigenvalue weighted by Gasteiger charge is 2.21. The second-order valence-electron chi connectivity index (χ2n) is 6.32. The van der Waals surface area contributed by atoms with Gasteiger partial charge in [0.05, 0.1) is 19.0 Å². The molecule has 140 valence electrons. The van der Waals surface area contributed by atoms with Crippen molar-refractivity contribution in [3.63, 3.8) is 0 Å². The molecule has 1 aromatic carbocycles. The minimum absolute atomic E-state index is 0.0319. The van der Waals surface area contributed by atoms with Gasteiger partial charge >= 0.3 is 0 Å². The van der Waals surface area contributed by atoms with E-state index in [9.17, 15) is 9.59 Å². The maximum atomic E-state index is 13.0. The fraction of sp³-hybridized carbons (Fsp3) is 0.263. The minimum atomic E-state index is -0.279. The molecule has 2 amide bonds. The standard InChI is InChI=1S/C19H21N5O3/c1-22(2)18(25)14-24-13-17(20-21-24)19(26)23(12-16-9-6-10-27-16)11-15-7-4-3-5-8-15/h3-10,13H,11-12,14H2,1-2H3. The Hall–Kier alpha value is -3.42. The van der Waals surface area contributed by atoms with E-state index in [1.165, 1.54) is 15.8 Å². The van der Waals surface area contributed by atoms with Crippen LogP contribution in [-0.2, 0) is 24.4 Å². The van der Waals surface area contributed by atoms with Crippen molar-refractivity contribution in [3.8, 4) is 0 Å². The molecule has 27 heavy (non-hydrogen) atoms. The highest BCUT2D eigenvalue weighted by atomic mass is 16.3. The number of furan rings is 1. The van der Waals surface area contributed by atoms with Gasteiger partial charge in [-0.2, -0.15) is 0 Å². The zero-order chi connectivity index (χ0) is 19.2. The van der Waals surface area contributed by atoms with Gasteiger partial charge in [0.1, 0.15) is 12.3 Å². The van der Waals surface area contributed by atoms with Crippen molar-refractivity contribution in [2.24, 2.45) is 0 Å². The average molecular weight is 367 g/mol. The third-order valence-electron chi connectivity index (χ3n) is 3.98. The number of aromatic nitrogens is 3. The summed E-state index contributed by atoms with van der Waals surface area (Å²) in [6.07, 6.45) is 3.06. The van der Waals surface area contributed by atoms with Crippen molar-refractivity contribution >= 4 is 11.8 Å². The predicted octanol–water partition coefficient (Wildman–Crippen LogP) is 1.80. The molecular weight excluding hydrogens is 346 g/mol. The number of benzene rings is 1. The normalized spacial score (nSPS) is 10.6. The molecule has 0 aliphatic heterocycles. The molecular formula is C19H21N5O3. The molecule has 8 nitrogen and oxygen atoms in total. The summed E-state index contributed by atoms with van der Waals surface area (Å²) in [5.41, 5.74) is 1.18. The number of hydrogen-bond acceptors (Lipinski definition) is 5. The SMILES string of the molecule is CN(C)C(=O)Cn1cc(C(=O)N(Cc2ccccc2)Cc2ccco2)nn1. The molecule has 0 atom stereocenters. The lowest BCUT2D eigenvalue weighted by atomic mass is 10.2. The molecule has 3 aromatic rings. The van der Waals surface area contributed by atoms with Crippen LogP contribution in [0.5, 0.6) is 0 Å². The van der Waals surface area contributed by atoms with Crippen LogP contribution in [0.25, 0.3) is 0 Å². The van der Waals surface area contributed by atoms with Gasteiger partial charge in [-0.25, -0.2) is 4.68 Å². The van der Waals surface area contributed by atoms with Crippen LogP contribution >= 0.6 is 0 Å². The smallest absolute Gasteiger partial charge is 0.276 e. The fourth-order valence-corrected chi connectivity index (χ4v) is 2.51. The Morgan fingerprint density at radius 3 is 2.52 bits per heavy atom. The topological polar surface area (TPSA) is 84.5 Å². The summed E-state index contributed by atoms with van der Waals surface area (Å²) in [6, 6.07) is 13.3. The molecule has 2 heterocycles. The number of nitrogens with zero attached hydrogens (tertiary/aromatic N) is 5. The van der Waals surface area contributed by atoms with Gasteiger partial charge in [-0.15, -0.1) is 5.10 Å². The van der Waals surface area contributed by atoms with Crippen LogP contribution in [0.2, 0.25) is 0 Å². The largest absolute Gasteiger partial charge is 0.467 e. The molecule has 3 rings (SSSR count). The fourth-order valence-electron chi connectivity index (χ4n) is 2.51. The number of rotatable bonds is 7. The zero-order valence-electron chi connectivity index (χ0n) is 15.3. The highest BCUT2D eigenvalue weighted by molar-refractivity contribution is 5.92. The molecule has 0 spiro atoms. The van der Waals surface area contributed by atoms with Gasteiger partial charge < -0.3 is 14.2 Å². The van der Waals surface area contributed by atoms with Gasteiger partial charge in [-0.1, -0.05) is 35.5 Å². The van der Waals surface area contributed by atoms with E-state index >= 15 is 0 Å². The van der Waals surface area contributed by atoms with E-state index < -0.39 is 0 Å². The van der Waals surface area contributed by atoms with E-state index in [0.29, 0.717) is 18.8 Å². The van der Waals surface area contributed by atoms with Crippen molar-refractivity contribution in [2.45, 2.75) is 19.6 Å². The minimum Gasteiger partial charge on any atom is -0.467 e. The van der Waals surface area contributed by atoms with Gasteiger partial charge in [0, 0.05) is 20.6 Å². The number of carbonyl (C=O) groups excluding carboxylic acids is 2. The summed E-state index contributed by atoms with van der Waals surface area (Å²) in [6.45, 7) is 0.748. The molecule has 2 aromatic heterocycles. The van der Waals surface area contributed by atoms with Crippen LogP contribution in [0, 0.1) is 0 Å². The molecule has 0 N–H and O–H groups in total. The van der Waals surface area contributed by atoms with Crippen molar-refractivity contribution in [1.29, 1.82) is 0 Å². The first kappa shape index (κ1) is 18.4. The van der Waals surface area contributed by atoms with Crippen LogP contribution < -0.4 is 0 Å². The number of likely N-dealkylation sites (N-methyl/N-ethyl adjacent to an activating group) is 1. The first-order valence-electron chi connectivity index (χ1n) is 8.49. The summed E-state index contributed by atoms with van der Waals surface area (Å²) in [4.78, 5) is 27.9. The molecule has 0 bridgehead atoms. The number of amides is 2. The Morgan fingerprint density at radius 2 is 1.85 bits per heavy atom. The van der Waals surface area contributed by atoms with Crippen LogP contribution in [0.1, 0.15) is 21.8 Å². The zero-order valence-corrected chi connectivity index (χ0v) is 15.3. The summed E-state index contributed by atoms with van der Waals surface area (Å²) >= 11 is 0. The van der Waals surface area contributed by atoms with Crippen molar-refractivity contribution in [1.82, 2.24) is 24.8 Å². The first-order chi connectivity index (χ1) is 13.0. The van der Waals surface area contributed by atoms with Gasteiger partial charge in [0.2, 0.25) is 5.91 Å². The lowest BCUT2D eigenvalue weighted by Gasteiger charge is -2.20. The third-order valence-corrected chi connectivity index (χ3v) is 3.98. The van der Waals surface area contributed by atoms with Crippen molar-refractivity contribution < 1.29 is 14.0 Å². The Balaban J connectivity index is 1.78. The maximum Gasteiger partial charge on any atom is 0.276 e. The maximum absolute atomic E-state index is 13.0. The van der Waals surface area contributed by atoms with Crippen LogP contribution in [-0.4, -0.2) is 50.7 Å². The van der Waals surface area contributed by atoms with E-state index in [1.54, 1.807) is 31.3 Å². The van der Waals surface area contributed by atoms with Gasteiger partial charge in [-0.3, -0.25) is 9.59 Å². The summed E-state index contributed by atoms with van der Waals surface area (Å²) in [5, 5.41) is 7.84. The molecule has 0 unspecified atom stereocenters. The van der Waals surface area contributed by atoms with Gasteiger partial charge in [-0.05, 0) is 17.7 Å². The molecule has 0 aliphatic carbocycles. The highest BCUT2D eigenvalue weighted by Crippen LogP contribution is 2.13. The number of hydrogen-bond donors (Lipinski definition) is 0. The van der Waals surface area contributed by atoms with E-state index in [4.69, 9.17) is 4.42 Å². The first-order valence-corrected chi connectivity index (χ1v) is 8.49. The summed E-state index contributed by atoms with van der Waals surface area (Å²) in [5.74, 6) is 0.267. The monoisotopic (exact) mass is 367 g/mol. The Labute approximate surface area is 157 Å². The second-order valence-corrected chi connectivity index (χ2v) is 6.32. The summed E-state index contributed by atoms with van der Waals surface area (Å²) in [7, 11) is 3.33. The number of carbonyl (C=O) groups is 2. The second kappa shape index (κ2) is 8.31. The molecule has 8 heteroatoms. The van der Waals surface area contributed by atoms with Gasteiger partial charge in [0.25, 0.3) is 5.91 Å². The van der Waals surface area contributed by atoms with E-state index in [2.05, 4.69) is 10.3 Å². The van der Waals surface area contributed by atoms with Gasteiger partial charge in [0.15, 0.2) is 5.69 Å². The molecule has 0 fully saturated rings. The van der Waals surface area contributed by atoms with Crippen LogP contribution in [0.4, 0.5) is 0 Å².